The standard InChI is InChI=1S/C76H46N2O2/c1-3-21-47(22-4-1)77(65-35-19-39-69-71(65)57-29-11-17-37-67(57)79-69)49-41-43-55-63(45-49)75(59-31-13-7-25-51(59)52-26-8-14-32-60(52)75)74-56-44-42-50(46-64(56)76(73(55)74)61-33-15-9-27-53(61)54-28-10-16-34-62(54)76)78(48-23-5-2-6-24-48)66-36-20-40-70-72(66)58-30-12-18-38-68(58)80-70/h1-46H. The van der Waals surface area contributed by atoms with Gasteiger partial charge in [-0.2, -0.15) is 0 Å². The lowest BCUT2D eigenvalue weighted by atomic mass is 9.66. The van der Waals surface area contributed by atoms with E-state index in [-0.39, 0.29) is 0 Å². The fraction of sp³-hybridized carbons (Fsp3) is 0.0263. The van der Waals surface area contributed by atoms with Crippen LogP contribution in [0.25, 0.3) is 77.3 Å². The fourth-order valence-corrected chi connectivity index (χ4v) is 15.2. The predicted molar refractivity (Wildman–Crippen MR) is 327 cm³/mol. The summed E-state index contributed by atoms with van der Waals surface area (Å²) in [7, 11) is 0. The third kappa shape index (κ3) is 5.49. The Labute approximate surface area is 462 Å². The molecule has 12 aromatic carbocycles. The van der Waals surface area contributed by atoms with Gasteiger partial charge in [0.15, 0.2) is 0 Å². The molecule has 4 aliphatic carbocycles. The lowest BCUT2D eigenvalue weighted by molar-refractivity contribution is 0.668. The highest BCUT2D eigenvalue weighted by Gasteiger charge is 2.63. The van der Waals surface area contributed by atoms with Gasteiger partial charge in [0, 0.05) is 33.5 Å². The molecule has 18 rings (SSSR count). The molecule has 0 saturated heterocycles. The maximum Gasteiger partial charge on any atom is 0.137 e. The smallest absolute Gasteiger partial charge is 0.137 e. The third-order valence-corrected chi connectivity index (χ3v) is 18.0. The minimum absolute atomic E-state index is 0.711. The Morgan fingerprint density at radius 2 is 0.575 bits per heavy atom. The van der Waals surface area contributed by atoms with Crippen molar-refractivity contribution in [1.82, 2.24) is 0 Å². The van der Waals surface area contributed by atoms with Gasteiger partial charge in [-0.05, 0) is 163 Å². The third-order valence-electron chi connectivity index (χ3n) is 18.0. The van der Waals surface area contributed by atoms with E-state index >= 15 is 0 Å². The van der Waals surface area contributed by atoms with E-state index in [2.05, 4.69) is 289 Å². The number of hydrogen-bond acceptors (Lipinski definition) is 4. The first-order valence-electron chi connectivity index (χ1n) is 27.7. The molecular weight excluding hydrogens is 973 g/mol. The van der Waals surface area contributed by atoms with Crippen LogP contribution in [0.1, 0.15) is 44.5 Å². The molecule has 0 aliphatic heterocycles. The van der Waals surface area contributed by atoms with Crippen molar-refractivity contribution < 1.29 is 8.83 Å². The first kappa shape index (κ1) is 43.7. The SMILES string of the molecule is c1ccc(N(c2ccc3c(c2)C2(C4=C3C3(c5cc(N(c6ccccc6)c6cccc7oc8ccccc8c67)ccc54)c4ccccc4-c4ccccc43)c3ccccc3-c3ccccc32)c2cccc3oc4ccccc4c23)cc1. The van der Waals surface area contributed by atoms with E-state index in [1.807, 2.05) is 0 Å². The maximum atomic E-state index is 6.60. The van der Waals surface area contributed by atoms with Crippen LogP contribution in [0.2, 0.25) is 0 Å². The van der Waals surface area contributed by atoms with E-state index in [1.54, 1.807) is 0 Å². The molecule has 0 N–H and O–H groups in total. The summed E-state index contributed by atoms with van der Waals surface area (Å²) < 4.78 is 13.2. The van der Waals surface area contributed by atoms with Crippen LogP contribution in [0.5, 0.6) is 0 Å². The number of nitrogens with zero attached hydrogens (tertiary/aromatic N) is 2. The van der Waals surface area contributed by atoms with E-state index in [1.165, 1.54) is 77.9 Å². The molecule has 0 saturated carbocycles. The van der Waals surface area contributed by atoms with Crippen molar-refractivity contribution in [2.75, 3.05) is 9.80 Å². The molecule has 4 heteroatoms. The molecule has 0 atom stereocenters. The van der Waals surface area contributed by atoms with Gasteiger partial charge in [-0.25, -0.2) is 0 Å². The highest BCUT2D eigenvalue weighted by atomic mass is 16.3. The average molecular weight is 1020 g/mol. The van der Waals surface area contributed by atoms with Crippen molar-refractivity contribution in [1.29, 1.82) is 0 Å². The quantitative estimate of drug-likeness (QED) is 0.166. The van der Waals surface area contributed by atoms with Crippen molar-refractivity contribution in [3.05, 3.63) is 324 Å². The van der Waals surface area contributed by atoms with Crippen molar-refractivity contribution in [3.8, 4) is 22.3 Å². The molecule has 4 nitrogen and oxygen atoms in total. The van der Waals surface area contributed by atoms with Gasteiger partial charge in [0.05, 0.1) is 33.0 Å². The van der Waals surface area contributed by atoms with Gasteiger partial charge < -0.3 is 18.6 Å². The zero-order valence-corrected chi connectivity index (χ0v) is 43.3. The Kier molecular flexibility index (Phi) is 8.77. The van der Waals surface area contributed by atoms with Crippen LogP contribution >= 0.6 is 0 Å². The number of anilines is 6. The maximum absolute atomic E-state index is 6.60. The molecule has 80 heavy (non-hydrogen) atoms. The summed E-state index contributed by atoms with van der Waals surface area (Å²) in [5.41, 5.74) is 26.5. The number of allylic oxidation sites excluding steroid dienone is 2. The van der Waals surface area contributed by atoms with Gasteiger partial charge in [0.1, 0.15) is 22.3 Å². The fourth-order valence-electron chi connectivity index (χ4n) is 15.2. The van der Waals surface area contributed by atoms with E-state index in [0.717, 1.165) is 78.0 Å². The lowest BCUT2D eigenvalue weighted by Crippen LogP contribution is -2.29. The summed E-state index contributed by atoms with van der Waals surface area (Å²) in [5.74, 6) is 0. The summed E-state index contributed by atoms with van der Waals surface area (Å²) in [6, 6.07) is 103. The lowest BCUT2D eigenvalue weighted by Gasteiger charge is -2.36. The van der Waals surface area contributed by atoms with E-state index in [0.29, 0.717) is 0 Å². The first-order chi connectivity index (χ1) is 39.7. The van der Waals surface area contributed by atoms with Crippen molar-refractivity contribution >= 4 is 89.1 Å². The molecule has 2 spiro atoms. The summed E-state index contributed by atoms with van der Waals surface area (Å²) in [5, 5.41) is 4.36. The van der Waals surface area contributed by atoms with E-state index in [9.17, 15) is 0 Å². The summed E-state index contributed by atoms with van der Waals surface area (Å²) in [6.45, 7) is 0. The summed E-state index contributed by atoms with van der Waals surface area (Å²) >= 11 is 0. The van der Waals surface area contributed by atoms with Crippen molar-refractivity contribution in [2.45, 2.75) is 10.8 Å². The van der Waals surface area contributed by atoms with Crippen LogP contribution in [0.3, 0.4) is 0 Å². The van der Waals surface area contributed by atoms with Crippen molar-refractivity contribution in [3.63, 3.8) is 0 Å². The largest absolute Gasteiger partial charge is 0.456 e. The van der Waals surface area contributed by atoms with Crippen LogP contribution in [-0.2, 0) is 10.8 Å². The monoisotopic (exact) mass is 1020 g/mol. The molecule has 0 amide bonds. The molecular formula is C76H46N2O2. The normalized spacial score (nSPS) is 14.4. The highest BCUT2D eigenvalue weighted by molar-refractivity contribution is 6.21. The van der Waals surface area contributed by atoms with Crippen LogP contribution in [0, 0.1) is 0 Å². The molecule has 0 radical (unpaired) electrons. The Bertz CT molecular complexity index is 4580. The van der Waals surface area contributed by atoms with E-state index in [4.69, 9.17) is 8.83 Å². The Hall–Kier alpha value is -10.4. The molecule has 0 fully saturated rings. The van der Waals surface area contributed by atoms with Crippen LogP contribution in [0.4, 0.5) is 34.1 Å². The van der Waals surface area contributed by atoms with Crippen LogP contribution in [-0.4, -0.2) is 0 Å². The van der Waals surface area contributed by atoms with Gasteiger partial charge in [-0.15, -0.1) is 0 Å². The van der Waals surface area contributed by atoms with Crippen LogP contribution in [0.15, 0.2) is 288 Å². The summed E-state index contributed by atoms with van der Waals surface area (Å²) in [4.78, 5) is 4.90. The van der Waals surface area contributed by atoms with Crippen molar-refractivity contribution in [2.24, 2.45) is 0 Å². The second-order valence-electron chi connectivity index (χ2n) is 21.7. The Morgan fingerprint density at radius 1 is 0.237 bits per heavy atom. The van der Waals surface area contributed by atoms with Gasteiger partial charge >= 0.3 is 0 Å². The zero-order valence-electron chi connectivity index (χ0n) is 43.3. The number of benzene rings is 12. The molecule has 4 aliphatic rings. The number of fused-ring (bicyclic) bond motifs is 24. The Morgan fingerprint density at radius 3 is 0.975 bits per heavy atom. The number of hydrogen-bond donors (Lipinski definition) is 0. The minimum atomic E-state index is -0.711. The molecule has 2 aromatic heterocycles. The average Bonchev–Trinajstić information content (AvgIpc) is 2.94. The van der Waals surface area contributed by atoms with E-state index < -0.39 is 10.8 Å². The minimum Gasteiger partial charge on any atom is -0.456 e. The summed E-state index contributed by atoms with van der Waals surface area (Å²) in [6.07, 6.45) is 0. The van der Waals surface area contributed by atoms with Gasteiger partial charge in [0.2, 0.25) is 0 Å². The number of furan rings is 2. The second-order valence-corrected chi connectivity index (χ2v) is 21.7. The first-order valence-corrected chi connectivity index (χ1v) is 27.7. The van der Waals surface area contributed by atoms with Gasteiger partial charge in [0.25, 0.3) is 0 Å². The van der Waals surface area contributed by atoms with Gasteiger partial charge in [-0.3, -0.25) is 0 Å². The molecule has 0 unspecified atom stereocenters. The Balaban J connectivity index is 0.963. The highest BCUT2D eigenvalue weighted by Crippen LogP contribution is 2.75. The second kappa shape index (κ2) is 16.1. The molecule has 372 valence electrons. The number of rotatable bonds is 6. The molecule has 14 aromatic rings. The number of para-hydroxylation sites is 4. The molecule has 2 heterocycles. The topological polar surface area (TPSA) is 32.8 Å². The molecule has 0 bridgehead atoms. The zero-order chi connectivity index (χ0) is 52.3. The predicted octanol–water partition coefficient (Wildman–Crippen LogP) is 20.0. The van der Waals surface area contributed by atoms with Gasteiger partial charge in [-0.1, -0.05) is 194 Å². The van der Waals surface area contributed by atoms with Crippen LogP contribution < -0.4 is 9.80 Å².